The maximum absolute atomic E-state index is 12.7. The second-order valence-corrected chi connectivity index (χ2v) is 6.74. The number of hydrogen-bond donors (Lipinski definition) is 2. The fraction of sp³-hybridized carbons (Fsp3) is 0.278. The van der Waals surface area contributed by atoms with Gasteiger partial charge in [-0.05, 0) is 48.7 Å². The molecule has 1 saturated heterocycles. The number of carbonyl (C=O) groups excluding carboxylic acids is 2. The van der Waals surface area contributed by atoms with E-state index in [0.29, 0.717) is 22.5 Å². The Bertz CT molecular complexity index is 979. The molecule has 0 atom stereocenters. The van der Waals surface area contributed by atoms with E-state index < -0.39 is 0 Å². The fourth-order valence-corrected chi connectivity index (χ4v) is 3.44. The van der Waals surface area contributed by atoms with Gasteiger partial charge in [-0.1, -0.05) is 0 Å². The monoisotopic (exact) mass is 384 g/mol. The van der Waals surface area contributed by atoms with Gasteiger partial charge < -0.3 is 15.2 Å². The molecule has 8 nitrogen and oxygen atoms in total. The molecule has 27 heavy (non-hydrogen) atoms. The minimum atomic E-state index is -0.109. The number of piperidine rings is 1. The van der Waals surface area contributed by atoms with Crippen LogP contribution in [0.3, 0.4) is 0 Å². The Kier molecular flexibility index (Phi) is 4.72. The number of amides is 1. The summed E-state index contributed by atoms with van der Waals surface area (Å²) in [6.45, 7) is 1.53. The average molecular weight is 385 g/mol. The van der Waals surface area contributed by atoms with Gasteiger partial charge in [-0.25, -0.2) is 4.98 Å². The summed E-state index contributed by atoms with van der Waals surface area (Å²) in [5.41, 5.74) is 2.68. The molecule has 3 aromatic rings. The molecular formula is C18H17ClN6O2. The number of imidazole rings is 1. The highest BCUT2D eigenvalue weighted by Crippen LogP contribution is 2.25. The molecule has 0 spiro atoms. The lowest BCUT2D eigenvalue weighted by atomic mass is 9.95. The van der Waals surface area contributed by atoms with Crippen LogP contribution in [0.4, 0.5) is 11.5 Å². The second-order valence-electron chi connectivity index (χ2n) is 6.40. The first-order chi connectivity index (χ1) is 13.1. The summed E-state index contributed by atoms with van der Waals surface area (Å²) in [6, 6.07) is 7.47. The van der Waals surface area contributed by atoms with Gasteiger partial charge in [0.25, 0.3) is 0 Å². The number of nitrogens with one attached hydrogen (secondary N) is 2. The zero-order valence-electron chi connectivity index (χ0n) is 14.4. The molecule has 2 N–H and O–H groups in total. The number of carbonyl (C=O) groups is 2. The quantitative estimate of drug-likeness (QED) is 0.529. The van der Waals surface area contributed by atoms with E-state index in [1.54, 1.807) is 12.1 Å². The minimum Gasteiger partial charge on any atom is -0.371 e. The molecule has 0 radical (unpaired) electrons. The van der Waals surface area contributed by atoms with Gasteiger partial charge in [0.15, 0.2) is 11.5 Å². The van der Waals surface area contributed by atoms with Crippen LogP contribution >= 0.6 is 11.6 Å². The van der Waals surface area contributed by atoms with Crippen LogP contribution in [0.15, 0.2) is 30.6 Å². The van der Waals surface area contributed by atoms with E-state index >= 15 is 0 Å². The Balaban J connectivity index is 1.40. The predicted octanol–water partition coefficient (Wildman–Crippen LogP) is 2.67. The van der Waals surface area contributed by atoms with Crippen molar-refractivity contribution >= 4 is 46.5 Å². The Morgan fingerprint density at radius 2 is 1.96 bits per heavy atom. The number of anilines is 2. The summed E-state index contributed by atoms with van der Waals surface area (Å²) in [5.74, 6) is 0.151. The summed E-state index contributed by atoms with van der Waals surface area (Å²) < 4.78 is 0. The number of aromatic nitrogens is 4. The lowest BCUT2D eigenvalue weighted by molar-refractivity contribution is -0.120. The topological polar surface area (TPSA) is 104 Å². The average Bonchev–Trinajstić information content (AvgIpc) is 3.17. The molecule has 1 aliphatic rings. The Hall–Kier alpha value is -3.00. The summed E-state index contributed by atoms with van der Waals surface area (Å²) in [5, 5.41) is 2.89. The first kappa shape index (κ1) is 17.4. The predicted molar refractivity (Wildman–Crippen MR) is 102 cm³/mol. The number of benzene rings is 1. The number of hydrogen-bond acceptors (Lipinski definition) is 6. The number of H-pyrrole nitrogens is 1. The largest absolute Gasteiger partial charge is 0.371 e. The molecule has 2 aromatic heterocycles. The van der Waals surface area contributed by atoms with Gasteiger partial charge in [-0.15, -0.1) is 0 Å². The molecule has 0 unspecified atom stereocenters. The molecular weight excluding hydrogens is 368 g/mol. The third kappa shape index (κ3) is 3.61. The van der Waals surface area contributed by atoms with Gasteiger partial charge in [0, 0.05) is 30.3 Å². The zero-order chi connectivity index (χ0) is 18.8. The summed E-state index contributed by atoms with van der Waals surface area (Å²) >= 11 is 5.90. The summed E-state index contributed by atoms with van der Waals surface area (Å²) in [7, 11) is 0. The maximum Gasteiger partial charge on any atom is 0.228 e. The van der Waals surface area contributed by atoms with Crippen molar-refractivity contribution < 1.29 is 9.59 Å². The Morgan fingerprint density at radius 3 is 2.67 bits per heavy atom. The molecule has 1 fully saturated rings. The van der Waals surface area contributed by atoms with E-state index in [1.165, 1.54) is 6.33 Å². The van der Waals surface area contributed by atoms with E-state index in [0.717, 1.165) is 37.9 Å². The van der Waals surface area contributed by atoms with E-state index in [1.807, 2.05) is 12.1 Å². The van der Waals surface area contributed by atoms with Crippen LogP contribution in [0.25, 0.3) is 11.2 Å². The molecule has 0 bridgehead atoms. The highest BCUT2D eigenvalue weighted by molar-refractivity contribution is 6.28. The number of rotatable bonds is 4. The minimum absolute atomic E-state index is 0.0403. The lowest BCUT2D eigenvalue weighted by Gasteiger charge is -2.33. The van der Waals surface area contributed by atoms with Crippen LogP contribution in [0, 0.1) is 5.92 Å². The molecule has 0 saturated carbocycles. The van der Waals surface area contributed by atoms with E-state index in [9.17, 15) is 9.59 Å². The van der Waals surface area contributed by atoms with Crippen molar-refractivity contribution in [3.8, 4) is 0 Å². The third-order valence-electron chi connectivity index (χ3n) is 4.76. The molecule has 4 rings (SSSR count). The normalized spacial score (nSPS) is 15.1. The Labute approximate surface area is 160 Å². The van der Waals surface area contributed by atoms with Crippen molar-refractivity contribution in [2.24, 2.45) is 5.92 Å². The van der Waals surface area contributed by atoms with Gasteiger partial charge >= 0.3 is 0 Å². The number of aldehydes is 1. The van der Waals surface area contributed by atoms with Crippen LogP contribution in [0.1, 0.15) is 23.2 Å². The molecule has 3 heterocycles. The van der Waals surface area contributed by atoms with Crippen LogP contribution in [-0.2, 0) is 4.79 Å². The lowest BCUT2D eigenvalue weighted by Crippen LogP contribution is -2.38. The molecule has 1 aromatic carbocycles. The highest BCUT2D eigenvalue weighted by atomic mass is 35.5. The van der Waals surface area contributed by atoms with Gasteiger partial charge in [-0.3, -0.25) is 9.59 Å². The van der Waals surface area contributed by atoms with Crippen LogP contribution in [0.2, 0.25) is 5.28 Å². The van der Waals surface area contributed by atoms with Crippen LogP contribution < -0.4 is 10.2 Å². The molecule has 1 amide bonds. The van der Waals surface area contributed by atoms with Gasteiger partial charge in [0.1, 0.15) is 11.8 Å². The molecule has 9 heteroatoms. The number of fused-ring (bicyclic) bond motifs is 1. The van der Waals surface area contributed by atoms with Crippen molar-refractivity contribution in [2.45, 2.75) is 12.8 Å². The second kappa shape index (κ2) is 7.32. The SMILES string of the molecule is O=Cc1ccc(N2CCC(C(=O)Nc3nc(Cl)nc4nc[nH]c34)CC2)cc1. The van der Waals surface area contributed by atoms with Crippen molar-refractivity contribution in [1.82, 2.24) is 19.9 Å². The van der Waals surface area contributed by atoms with Crippen molar-refractivity contribution in [3.05, 3.63) is 41.4 Å². The van der Waals surface area contributed by atoms with Crippen LogP contribution in [-0.4, -0.2) is 45.2 Å². The van der Waals surface area contributed by atoms with Gasteiger partial charge in [0.05, 0.1) is 6.33 Å². The van der Waals surface area contributed by atoms with E-state index in [-0.39, 0.29) is 17.1 Å². The van der Waals surface area contributed by atoms with Crippen LogP contribution in [0.5, 0.6) is 0 Å². The number of nitrogens with zero attached hydrogens (tertiary/aromatic N) is 4. The van der Waals surface area contributed by atoms with E-state index in [4.69, 9.17) is 11.6 Å². The summed E-state index contributed by atoms with van der Waals surface area (Å²) in [4.78, 5) is 40.7. The fourth-order valence-electron chi connectivity index (χ4n) is 3.28. The molecule has 138 valence electrons. The zero-order valence-corrected chi connectivity index (χ0v) is 15.1. The number of halogens is 1. The highest BCUT2D eigenvalue weighted by Gasteiger charge is 2.26. The van der Waals surface area contributed by atoms with Gasteiger partial charge in [0.2, 0.25) is 11.2 Å². The van der Waals surface area contributed by atoms with Crippen molar-refractivity contribution in [2.75, 3.05) is 23.3 Å². The maximum atomic E-state index is 12.7. The summed E-state index contributed by atoms with van der Waals surface area (Å²) in [6.07, 6.45) is 3.77. The molecule has 0 aliphatic carbocycles. The smallest absolute Gasteiger partial charge is 0.228 e. The molecule has 1 aliphatic heterocycles. The van der Waals surface area contributed by atoms with E-state index in [2.05, 4.69) is 30.2 Å². The third-order valence-corrected chi connectivity index (χ3v) is 4.93. The first-order valence-corrected chi connectivity index (χ1v) is 8.99. The van der Waals surface area contributed by atoms with Crippen molar-refractivity contribution in [3.63, 3.8) is 0 Å². The standard InChI is InChI=1S/C18H17ClN6O2/c19-18-23-15-14(20-10-21-15)16(24-18)22-17(27)12-5-7-25(8-6-12)13-3-1-11(9-26)2-4-13/h1-4,9-10,12H,5-8H2,(H2,20,21,22,23,24,27). The number of aromatic amines is 1. The van der Waals surface area contributed by atoms with Gasteiger partial charge in [-0.2, -0.15) is 9.97 Å². The Morgan fingerprint density at radius 1 is 1.22 bits per heavy atom. The first-order valence-electron chi connectivity index (χ1n) is 8.61. The van der Waals surface area contributed by atoms with Crippen molar-refractivity contribution in [1.29, 1.82) is 0 Å².